The zero-order chi connectivity index (χ0) is 11.1. The molecule has 0 aliphatic heterocycles. The van der Waals surface area contributed by atoms with Gasteiger partial charge in [0.25, 0.3) is 0 Å². The molecular weight excluding hydrogens is 232 g/mol. The van der Waals surface area contributed by atoms with Crippen LogP contribution in [-0.4, -0.2) is 23.2 Å². The summed E-state index contributed by atoms with van der Waals surface area (Å²) in [6, 6.07) is 0. The van der Waals surface area contributed by atoms with E-state index in [1.807, 2.05) is 0 Å². The topological polar surface area (TPSA) is 45.1 Å². The van der Waals surface area contributed by atoms with Gasteiger partial charge in [-0.25, -0.2) is 4.98 Å². The molecule has 0 saturated carbocycles. The molecule has 1 aromatic rings. The lowest BCUT2D eigenvalue weighted by Crippen LogP contribution is -2.22. The maximum absolute atomic E-state index is 8.83. The van der Waals surface area contributed by atoms with Crippen molar-refractivity contribution in [2.75, 3.05) is 13.2 Å². The molecule has 0 aromatic carbocycles. The predicted molar refractivity (Wildman–Crippen MR) is 64.3 cm³/mol. The van der Waals surface area contributed by atoms with Crippen molar-refractivity contribution >= 4 is 22.9 Å². The summed E-state index contributed by atoms with van der Waals surface area (Å²) in [4.78, 5) is 4.16. The highest BCUT2D eigenvalue weighted by Crippen LogP contribution is 2.17. The lowest BCUT2D eigenvalue weighted by molar-refractivity contribution is 0.251. The molecular formula is C10H17ClN2OS. The second-order valence-electron chi connectivity index (χ2n) is 3.48. The molecule has 1 rings (SSSR count). The van der Waals surface area contributed by atoms with Crippen LogP contribution in [0.2, 0.25) is 4.34 Å². The van der Waals surface area contributed by atoms with E-state index in [0.29, 0.717) is 5.92 Å². The van der Waals surface area contributed by atoms with Gasteiger partial charge in [-0.3, -0.25) is 0 Å². The average molecular weight is 249 g/mol. The minimum atomic E-state index is 0.267. The summed E-state index contributed by atoms with van der Waals surface area (Å²) in [6.07, 6.45) is 3.63. The molecule has 2 N–H and O–H groups in total. The molecule has 0 radical (unpaired) electrons. The zero-order valence-corrected chi connectivity index (χ0v) is 10.4. The van der Waals surface area contributed by atoms with Crippen molar-refractivity contribution in [3.8, 4) is 0 Å². The first-order valence-electron chi connectivity index (χ1n) is 5.18. The van der Waals surface area contributed by atoms with Gasteiger partial charge in [-0.1, -0.05) is 24.9 Å². The van der Waals surface area contributed by atoms with Gasteiger partial charge >= 0.3 is 0 Å². The number of aromatic nitrogens is 1. The quantitative estimate of drug-likeness (QED) is 0.778. The lowest BCUT2D eigenvalue weighted by Gasteiger charge is -2.13. The molecule has 1 unspecified atom stereocenters. The summed E-state index contributed by atoms with van der Waals surface area (Å²) in [6.45, 7) is 4.10. The van der Waals surface area contributed by atoms with E-state index < -0.39 is 0 Å². The molecule has 0 spiro atoms. The van der Waals surface area contributed by atoms with Crippen LogP contribution < -0.4 is 5.32 Å². The van der Waals surface area contributed by atoms with Crippen LogP contribution in [0.25, 0.3) is 0 Å². The van der Waals surface area contributed by atoms with E-state index in [1.165, 1.54) is 11.3 Å². The third kappa shape index (κ3) is 4.93. The molecule has 86 valence electrons. The fraction of sp³-hybridized carbons (Fsp3) is 0.700. The highest BCUT2D eigenvalue weighted by atomic mass is 35.5. The lowest BCUT2D eigenvalue weighted by atomic mass is 10.0. The normalized spacial score (nSPS) is 13.0. The van der Waals surface area contributed by atoms with Crippen LogP contribution in [0.5, 0.6) is 0 Å². The van der Waals surface area contributed by atoms with E-state index in [-0.39, 0.29) is 6.61 Å². The highest BCUT2D eigenvalue weighted by molar-refractivity contribution is 7.15. The third-order valence-electron chi connectivity index (χ3n) is 2.35. The Balaban J connectivity index is 2.20. The van der Waals surface area contributed by atoms with Gasteiger partial charge in [0.1, 0.15) is 9.34 Å². The Morgan fingerprint density at radius 3 is 3.00 bits per heavy atom. The maximum Gasteiger partial charge on any atom is 0.113 e. The van der Waals surface area contributed by atoms with Gasteiger partial charge in [-0.2, -0.15) is 0 Å². The average Bonchev–Trinajstić information content (AvgIpc) is 2.63. The fourth-order valence-electron chi connectivity index (χ4n) is 1.39. The molecule has 0 amide bonds. The predicted octanol–water partition coefficient (Wildman–Crippen LogP) is 2.29. The van der Waals surface area contributed by atoms with Gasteiger partial charge in [0.05, 0.1) is 6.20 Å². The number of rotatable bonds is 7. The summed E-state index contributed by atoms with van der Waals surface area (Å²) in [5, 5.41) is 13.2. The first-order valence-corrected chi connectivity index (χ1v) is 6.37. The monoisotopic (exact) mass is 248 g/mol. The number of nitrogens with zero attached hydrogens (tertiary/aromatic N) is 1. The molecule has 1 heterocycles. The second kappa shape index (κ2) is 7.17. The first kappa shape index (κ1) is 12.9. The van der Waals surface area contributed by atoms with Gasteiger partial charge in [-0.05, 0) is 18.9 Å². The number of hydrogen-bond donors (Lipinski definition) is 2. The van der Waals surface area contributed by atoms with Crippen molar-refractivity contribution in [3.05, 3.63) is 15.5 Å². The number of thiazole rings is 1. The Morgan fingerprint density at radius 1 is 1.67 bits per heavy atom. The second-order valence-corrected chi connectivity index (χ2v) is 5.22. The maximum atomic E-state index is 8.83. The SMILES string of the molecule is CCC(CCO)CNCc1ncc(Cl)s1. The number of nitrogens with one attached hydrogen (secondary N) is 1. The Morgan fingerprint density at radius 2 is 2.47 bits per heavy atom. The Bertz CT molecular complexity index is 280. The molecule has 5 heteroatoms. The van der Waals surface area contributed by atoms with E-state index in [0.717, 1.165) is 35.3 Å². The summed E-state index contributed by atoms with van der Waals surface area (Å²) in [7, 11) is 0. The molecule has 0 aliphatic rings. The van der Waals surface area contributed by atoms with Crippen LogP contribution in [0, 0.1) is 5.92 Å². The molecule has 15 heavy (non-hydrogen) atoms. The van der Waals surface area contributed by atoms with Crippen LogP contribution in [-0.2, 0) is 6.54 Å². The highest BCUT2D eigenvalue weighted by Gasteiger charge is 2.05. The van der Waals surface area contributed by atoms with Crippen molar-refractivity contribution < 1.29 is 5.11 Å². The number of halogens is 1. The fourth-order valence-corrected chi connectivity index (χ4v) is 2.31. The minimum absolute atomic E-state index is 0.267. The van der Waals surface area contributed by atoms with Crippen LogP contribution in [0.15, 0.2) is 6.20 Å². The summed E-state index contributed by atoms with van der Waals surface area (Å²) >= 11 is 7.28. The molecule has 0 saturated heterocycles. The van der Waals surface area contributed by atoms with Gasteiger partial charge in [-0.15, -0.1) is 11.3 Å². The summed E-state index contributed by atoms with van der Waals surface area (Å²) in [5.74, 6) is 0.547. The van der Waals surface area contributed by atoms with Crippen molar-refractivity contribution in [1.82, 2.24) is 10.3 Å². The smallest absolute Gasteiger partial charge is 0.113 e. The van der Waals surface area contributed by atoms with Gasteiger partial charge in [0.2, 0.25) is 0 Å². The Labute approximate surface area is 99.5 Å². The summed E-state index contributed by atoms with van der Waals surface area (Å²) in [5.41, 5.74) is 0. The van der Waals surface area contributed by atoms with Crippen molar-refractivity contribution in [2.24, 2.45) is 5.92 Å². The number of hydrogen-bond acceptors (Lipinski definition) is 4. The third-order valence-corrected chi connectivity index (χ3v) is 3.46. The van der Waals surface area contributed by atoms with E-state index in [4.69, 9.17) is 16.7 Å². The van der Waals surface area contributed by atoms with Gasteiger partial charge < -0.3 is 10.4 Å². The number of aliphatic hydroxyl groups is 1. The Kier molecular flexibility index (Phi) is 6.17. The van der Waals surface area contributed by atoms with Crippen molar-refractivity contribution in [1.29, 1.82) is 0 Å². The number of aliphatic hydroxyl groups excluding tert-OH is 1. The van der Waals surface area contributed by atoms with Crippen molar-refractivity contribution in [2.45, 2.75) is 26.3 Å². The van der Waals surface area contributed by atoms with E-state index >= 15 is 0 Å². The Hall–Kier alpha value is -0.160. The molecule has 0 aliphatic carbocycles. The minimum Gasteiger partial charge on any atom is -0.396 e. The van der Waals surface area contributed by atoms with E-state index in [9.17, 15) is 0 Å². The molecule has 0 bridgehead atoms. The molecule has 1 atom stereocenters. The standard InChI is InChI=1S/C10H17ClN2OS/c1-2-8(3-4-14)5-12-7-10-13-6-9(11)15-10/h6,8,12,14H,2-5,7H2,1H3. The zero-order valence-electron chi connectivity index (χ0n) is 8.87. The summed E-state index contributed by atoms with van der Waals surface area (Å²) < 4.78 is 0.731. The van der Waals surface area contributed by atoms with Crippen LogP contribution >= 0.6 is 22.9 Å². The van der Waals surface area contributed by atoms with Gasteiger partial charge in [0, 0.05) is 13.2 Å². The molecule has 0 fully saturated rings. The molecule has 1 aromatic heterocycles. The van der Waals surface area contributed by atoms with Crippen molar-refractivity contribution in [3.63, 3.8) is 0 Å². The first-order chi connectivity index (χ1) is 7.26. The van der Waals surface area contributed by atoms with Crippen LogP contribution in [0.3, 0.4) is 0 Å². The van der Waals surface area contributed by atoms with E-state index in [2.05, 4.69) is 17.2 Å². The van der Waals surface area contributed by atoms with Crippen LogP contribution in [0.4, 0.5) is 0 Å². The van der Waals surface area contributed by atoms with Crippen LogP contribution in [0.1, 0.15) is 24.8 Å². The van der Waals surface area contributed by atoms with E-state index in [1.54, 1.807) is 6.20 Å². The van der Waals surface area contributed by atoms with Gasteiger partial charge in [0.15, 0.2) is 0 Å². The largest absolute Gasteiger partial charge is 0.396 e. The molecule has 3 nitrogen and oxygen atoms in total.